The molecule has 2 aliphatic rings. The van der Waals surface area contributed by atoms with Gasteiger partial charge in [-0.3, -0.25) is 0 Å². The van der Waals surface area contributed by atoms with Gasteiger partial charge in [-0.1, -0.05) is 37.6 Å². The molecule has 120 valence electrons. The molecule has 1 saturated carbocycles. The van der Waals surface area contributed by atoms with Crippen LogP contribution in [0.4, 0.5) is 0 Å². The number of hydrogen-bond acceptors (Lipinski definition) is 1. The van der Waals surface area contributed by atoms with E-state index in [1.165, 1.54) is 37.7 Å². The number of aliphatic hydroxyl groups is 1. The van der Waals surface area contributed by atoms with Crippen molar-refractivity contribution in [2.24, 2.45) is 23.2 Å². The van der Waals surface area contributed by atoms with Crippen LogP contribution < -0.4 is 0 Å². The van der Waals surface area contributed by atoms with E-state index in [0.717, 1.165) is 6.42 Å². The normalized spacial score (nSPS) is 40.1. The monoisotopic (exact) mass is 290 g/mol. The smallest absolute Gasteiger partial charge is 0.0622 e. The fraction of sp³-hybridized carbons (Fsp3) is 0.800. The van der Waals surface area contributed by atoms with Gasteiger partial charge in [0.25, 0.3) is 0 Å². The second kappa shape index (κ2) is 6.28. The topological polar surface area (TPSA) is 20.2 Å². The number of allylic oxidation sites excluding steroid dienone is 4. The first-order chi connectivity index (χ1) is 9.72. The lowest BCUT2D eigenvalue weighted by molar-refractivity contribution is -0.0114. The van der Waals surface area contributed by atoms with E-state index < -0.39 is 5.60 Å². The van der Waals surface area contributed by atoms with E-state index >= 15 is 0 Å². The fourth-order valence-electron chi connectivity index (χ4n) is 4.45. The number of hydrogen-bond donors (Lipinski definition) is 1. The zero-order valence-electron chi connectivity index (χ0n) is 14.7. The highest BCUT2D eigenvalue weighted by atomic mass is 16.3. The van der Waals surface area contributed by atoms with Gasteiger partial charge in [0.2, 0.25) is 0 Å². The van der Waals surface area contributed by atoms with Crippen LogP contribution in [0.5, 0.6) is 0 Å². The van der Waals surface area contributed by atoms with Crippen LogP contribution in [-0.4, -0.2) is 10.7 Å². The largest absolute Gasteiger partial charge is 0.390 e. The summed E-state index contributed by atoms with van der Waals surface area (Å²) < 4.78 is 0. The Morgan fingerprint density at radius 1 is 1.24 bits per heavy atom. The van der Waals surface area contributed by atoms with Crippen molar-refractivity contribution in [1.29, 1.82) is 0 Å². The molecule has 1 nitrogen and oxygen atoms in total. The maximum atomic E-state index is 10.6. The van der Waals surface area contributed by atoms with Crippen LogP contribution in [0.2, 0.25) is 0 Å². The third-order valence-electron chi connectivity index (χ3n) is 6.00. The van der Waals surface area contributed by atoms with Crippen LogP contribution in [-0.2, 0) is 0 Å². The van der Waals surface area contributed by atoms with Crippen molar-refractivity contribution in [2.75, 3.05) is 0 Å². The third kappa shape index (κ3) is 4.00. The summed E-state index contributed by atoms with van der Waals surface area (Å²) in [5.41, 5.74) is 1.25. The first-order valence-electron chi connectivity index (χ1n) is 8.80. The van der Waals surface area contributed by atoms with Crippen LogP contribution in [0.25, 0.3) is 0 Å². The minimum atomic E-state index is -0.556. The summed E-state index contributed by atoms with van der Waals surface area (Å²) in [4.78, 5) is 0. The van der Waals surface area contributed by atoms with Crippen LogP contribution in [0.15, 0.2) is 23.8 Å². The Morgan fingerprint density at radius 3 is 2.62 bits per heavy atom. The quantitative estimate of drug-likeness (QED) is 0.632. The van der Waals surface area contributed by atoms with E-state index in [1.807, 2.05) is 13.8 Å². The van der Waals surface area contributed by atoms with Gasteiger partial charge < -0.3 is 5.11 Å². The van der Waals surface area contributed by atoms with E-state index in [-0.39, 0.29) is 5.41 Å². The molecule has 0 amide bonds. The molecular formula is C20H34O. The molecular weight excluding hydrogens is 256 g/mol. The highest BCUT2D eigenvalue weighted by Crippen LogP contribution is 2.53. The first kappa shape index (κ1) is 16.8. The molecule has 21 heavy (non-hydrogen) atoms. The second-order valence-corrected chi connectivity index (χ2v) is 8.41. The third-order valence-corrected chi connectivity index (χ3v) is 6.00. The van der Waals surface area contributed by atoms with Gasteiger partial charge in [-0.25, -0.2) is 0 Å². The van der Waals surface area contributed by atoms with E-state index in [1.54, 1.807) is 0 Å². The van der Waals surface area contributed by atoms with Crippen molar-refractivity contribution in [3.05, 3.63) is 23.8 Å². The van der Waals surface area contributed by atoms with Gasteiger partial charge >= 0.3 is 0 Å². The van der Waals surface area contributed by atoms with Gasteiger partial charge in [-0.05, 0) is 82.5 Å². The van der Waals surface area contributed by atoms with E-state index in [2.05, 4.69) is 39.0 Å². The zero-order chi connectivity index (χ0) is 15.7. The molecule has 2 aliphatic carbocycles. The Labute approximate surface area is 131 Å². The molecule has 1 fully saturated rings. The molecule has 0 aromatic heterocycles. The lowest BCUT2D eigenvalue weighted by atomic mass is 9.70. The Bertz CT molecular complexity index is 412. The van der Waals surface area contributed by atoms with Crippen molar-refractivity contribution in [3.8, 4) is 0 Å². The van der Waals surface area contributed by atoms with Crippen molar-refractivity contribution in [3.63, 3.8) is 0 Å². The maximum Gasteiger partial charge on any atom is 0.0622 e. The van der Waals surface area contributed by atoms with E-state index in [9.17, 15) is 5.11 Å². The molecule has 0 spiro atoms. The van der Waals surface area contributed by atoms with Gasteiger partial charge in [0.15, 0.2) is 0 Å². The van der Waals surface area contributed by atoms with E-state index in [0.29, 0.717) is 17.8 Å². The molecule has 1 N–H and O–H groups in total. The molecule has 0 aromatic carbocycles. The Morgan fingerprint density at radius 2 is 1.95 bits per heavy atom. The van der Waals surface area contributed by atoms with Crippen molar-refractivity contribution in [2.45, 2.75) is 78.7 Å². The summed E-state index contributed by atoms with van der Waals surface area (Å²) in [6.45, 7) is 11.0. The molecule has 1 heteroatoms. The molecule has 0 radical (unpaired) electrons. The van der Waals surface area contributed by atoms with Gasteiger partial charge in [0, 0.05) is 0 Å². The molecule has 0 aliphatic heterocycles. The summed E-state index contributed by atoms with van der Waals surface area (Å²) >= 11 is 0. The summed E-state index contributed by atoms with van der Waals surface area (Å²) in [5.74, 6) is 1.68. The van der Waals surface area contributed by atoms with Crippen LogP contribution in [0.3, 0.4) is 0 Å². The number of rotatable bonds is 1. The molecule has 0 bridgehead atoms. The van der Waals surface area contributed by atoms with Crippen LogP contribution in [0, 0.1) is 23.2 Å². The molecule has 4 atom stereocenters. The van der Waals surface area contributed by atoms with Crippen LogP contribution >= 0.6 is 0 Å². The average Bonchev–Trinajstić information content (AvgIpc) is 2.70. The highest BCUT2D eigenvalue weighted by molar-refractivity contribution is 5.11. The molecule has 0 heterocycles. The van der Waals surface area contributed by atoms with Gasteiger partial charge in [0.05, 0.1) is 5.60 Å². The van der Waals surface area contributed by atoms with Crippen LogP contribution in [0.1, 0.15) is 73.1 Å². The maximum absolute atomic E-state index is 10.6. The van der Waals surface area contributed by atoms with Crippen molar-refractivity contribution >= 4 is 0 Å². The predicted molar refractivity (Wildman–Crippen MR) is 91.1 cm³/mol. The second-order valence-electron chi connectivity index (χ2n) is 8.41. The lowest BCUT2D eigenvalue weighted by Crippen LogP contribution is -2.37. The number of fused-ring (bicyclic) bond motifs is 1. The Kier molecular flexibility index (Phi) is 5.03. The van der Waals surface area contributed by atoms with Gasteiger partial charge in [0.1, 0.15) is 0 Å². The van der Waals surface area contributed by atoms with Gasteiger partial charge in [-0.15, -0.1) is 0 Å². The fourth-order valence-corrected chi connectivity index (χ4v) is 4.45. The molecule has 0 unspecified atom stereocenters. The summed E-state index contributed by atoms with van der Waals surface area (Å²) in [7, 11) is 0. The minimum Gasteiger partial charge on any atom is -0.390 e. The zero-order valence-corrected chi connectivity index (χ0v) is 14.7. The molecule has 2 rings (SSSR count). The first-order valence-corrected chi connectivity index (χ1v) is 8.80. The molecule has 0 saturated heterocycles. The highest BCUT2D eigenvalue weighted by Gasteiger charge is 2.48. The Hall–Kier alpha value is -0.560. The summed E-state index contributed by atoms with van der Waals surface area (Å²) in [6, 6.07) is 0. The average molecular weight is 290 g/mol. The summed E-state index contributed by atoms with van der Waals surface area (Å²) in [5, 5.41) is 10.6. The van der Waals surface area contributed by atoms with E-state index in [4.69, 9.17) is 0 Å². The van der Waals surface area contributed by atoms with Gasteiger partial charge in [-0.2, -0.15) is 0 Å². The van der Waals surface area contributed by atoms with Crippen molar-refractivity contribution < 1.29 is 5.11 Å². The standard InChI is InChI=1S/C20H34O/c1-15-7-6-8-16(2)11-13-20(5)14-12-17(19(3,4)21)18(20)10-9-15/h7,11,13,16-18,21H,6,8-10,12,14H2,1-5H3/b13-11+,15-7?/t16-,17-,18+,20+/m1/s1. The summed E-state index contributed by atoms with van der Waals surface area (Å²) in [6.07, 6.45) is 14.6. The Balaban J connectivity index is 2.29. The SMILES string of the molecule is CC1=CCC[C@@H](C)/C=C/[C@@]2(C)CC[C@@H](C(C)(C)O)[C@@H]2CC1. The predicted octanol–water partition coefficient (Wildman–Crippen LogP) is 5.50. The minimum absolute atomic E-state index is 0.267. The van der Waals surface area contributed by atoms with Crippen molar-refractivity contribution in [1.82, 2.24) is 0 Å². The molecule has 0 aromatic rings. The lowest BCUT2D eigenvalue weighted by Gasteiger charge is -2.37.